The number of carbonyl (C=O) groups excluding carboxylic acids is 1. The molecule has 1 atom stereocenters. The molecule has 0 saturated carbocycles. The summed E-state index contributed by atoms with van der Waals surface area (Å²) in [5, 5.41) is 15.5. The van der Waals surface area contributed by atoms with Crippen molar-refractivity contribution in [2.75, 3.05) is 12.4 Å². The van der Waals surface area contributed by atoms with Gasteiger partial charge in [0.15, 0.2) is 0 Å². The van der Waals surface area contributed by atoms with Gasteiger partial charge in [-0.05, 0) is 54.5 Å². The van der Waals surface area contributed by atoms with Gasteiger partial charge >= 0.3 is 0 Å². The van der Waals surface area contributed by atoms with E-state index in [0.717, 1.165) is 16.8 Å². The van der Waals surface area contributed by atoms with E-state index in [2.05, 4.69) is 20.8 Å². The van der Waals surface area contributed by atoms with Gasteiger partial charge in [0.2, 0.25) is 11.1 Å². The van der Waals surface area contributed by atoms with Crippen LogP contribution in [0.2, 0.25) is 5.02 Å². The van der Waals surface area contributed by atoms with E-state index in [4.69, 9.17) is 16.3 Å². The lowest BCUT2D eigenvalue weighted by atomic mass is 10.2. The molecule has 0 aliphatic heterocycles. The summed E-state index contributed by atoms with van der Waals surface area (Å²) in [6.07, 6.45) is 0. The highest BCUT2D eigenvalue weighted by Crippen LogP contribution is 2.32. The highest BCUT2D eigenvalue weighted by atomic mass is 35.5. The van der Waals surface area contributed by atoms with Crippen molar-refractivity contribution >= 4 is 35.0 Å². The number of amides is 1. The van der Waals surface area contributed by atoms with Crippen molar-refractivity contribution in [1.82, 2.24) is 20.2 Å². The van der Waals surface area contributed by atoms with Crippen LogP contribution in [0.5, 0.6) is 5.75 Å². The third-order valence-corrected chi connectivity index (χ3v) is 5.61. The summed E-state index contributed by atoms with van der Waals surface area (Å²) in [4.78, 5) is 12.7. The number of nitrogens with one attached hydrogen (secondary N) is 1. The van der Waals surface area contributed by atoms with Gasteiger partial charge in [-0.3, -0.25) is 4.79 Å². The molecule has 1 heterocycles. The molecule has 146 valence electrons. The van der Waals surface area contributed by atoms with Crippen LogP contribution in [0.4, 0.5) is 5.69 Å². The van der Waals surface area contributed by atoms with E-state index >= 15 is 0 Å². The molecular formula is C19H20ClN5O2S. The van der Waals surface area contributed by atoms with Crippen molar-refractivity contribution in [1.29, 1.82) is 0 Å². The van der Waals surface area contributed by atoms with Gasteiger partial charge in [0.1, 0.15) is 5.75 Å². The summed E-state index contributed by atoms with van der Waals surface area (Å²) in [6.45, 7) is 5.65. The first-order chi connectivity index (χ1) is 13.4. The van der Waals surface area contributed by atoms with Crippen molar-refractivity contribution in [2.45, 2.75) is 31.2 Å². The number of tetrazole rings is 1. The Morgan fingerprint density at radius 2 is 2.00 bits per heavy atom. The molecule has 1 aromatic heterocycles. The monoisotopic (exact) mass is 417 g/mol. The van der Waals surface area contributed by atoms with Crippen LogP contribution >= 0.6 is 23.4 Å². The van der Waals surface area contributed by atoms with Crippen LogP contribution in [0.3, 0.4) is 0 Å². The Hall–Kier alpha value is -2.58. The zero-order chi connectivity index (χ0) is 20.3. The molecule has 0 fully saturated rings. The number of rotatable bonds is 6. The Morgan fingerprint density at radius 3 is 2.71 bits per heavy atom. The summed E-state index contributed by atoms with van der Waals surface area (Å²) >= 11 is 7.40. The molecule has 3 aromatic rings. The average molecular weight is 418 g/mol. The number of hydrogen-bond acceptors (Lipinski definition) is 6. The van der Waals surface area contributed by atoms with E-state index in [-0.39, 0.29) is 5.91 Å². The maximum Gasteiger partial charge on any atom is 0.237 e. The molecule has 2 aromatic carbocycles. The standard InChI is InChI=1S/C19H20ClN5O2S/c1-11-7-5-6-8-16(11)25-19(22-23-24-25)28-13(3)18(26)21-15-9-12(2)14(20)10-17(15)27-4/h5-10,13H,1-4H3,(H,21,26)/t13-/m1/s1. The molecule has 0 spiro atoms. The minimum atomic E-state index is -0.436. The van der Waals surface area contributed by atoms with Gasteiger partial charge in [-0.25, -0.2) is 0 Å². The predicted octanol–water partition coefficient (Wildman–Crippen LogP) is 4.06. The number of anilines is 1. The molecule has 9 heteroatoms. The van der Waals surface area contributed by atoms with E-state index in [1.165, 1.54) is 18.9 Å². The third kappa shape index (κ3) is 4.28. The van der Waals surface area contributed by atoms with Crippen LogP contribution in [0.15, 0.2) is 41.6 Å². The van der Waals surface area contributed by atoms with E-state index in [9.17, 15) is 4.79 Å². The van der Waals surface area contributed by atoms with Gasteiger partial charge < -0.3 is 10.1 Å². The van der Waals surface area contributed by atoms with E-state index in [1.54, 1.807) is 23.7 Å². The number of para-hydroxylation sites is 1. The van der Waals surface area contributed by atoms with Crippen LogP contribution in [0, 0.1) is 13.8 Å². The zero-order valence-corrected chi connectivity index (χ0v) is 17.5. The third-order valence-electron chi connectivity index (χ3n) is 4.17. The summed E-state index contributed by atoms with van der Waals surface area (Å²) in [5.41, 5.74) is 3.33. The van der Waals surface area contributed by atoms with Gasteiger partial charge in [0.25, 0.3) is 0 Å². The van der Waals surface area contributed by atoms with Gasteiger partial charge in [0.05, 0.1) is 23.7 Å². The van der Waals surface area contributed by atoms with E-state index in [1.807, 2.05) is 38.1 Å². The summed E-state index contributed by atoms with van der Waals surface area (Å²) in [7, 11) is 1.53. The number of thioether (sulfide) groups is 1. The SMILES string of the molecule is COc1cc(Cl)c(C)cc1NC(=O)[C@@H](C)Sc1nnnn1-c1ccccc1C. The van der Waals surface area contributed by atoms with E-state index < -0.39 is 5.25 Å². The highest BCUT2D eigenvalue weighted by molar-refractivity contribution is 8.00. The largest absolute Gasteiger partial charge is 0.495 e. The second kappa shape index (κ2) is 8.62. The average Bonchev–Trinajstić information content (AvgIpc) is 3.12. The molecule has 28 heavy (non-hydrogen) atoms. The molecule has 3 rings (SSSR count). The Balaban J connectivity index is 1.77. The molecule has 0 bridgehead atoms. The van der Waals surface area contributed by atoms with Crippen molar-refractivity contribution in [3.63, 3.8) is 0 Å². The molecule has 7 nitrogen and oxygen atoms in total. The van der Waals surface area contributed by atoms with Crippen molar-refractivity contribution < 1.29 is 9.53 Å². The topological polar surface area (TPSA) is 81.9 Å². The Labute approximate surface area is 172 Å². The summed E-state index contributed by atoms with van der Waals surface area (Å²) < 4.78 is 6.95. The van der Waals surface area contributed by atoms with Crippen LogP contribution < -0.4 is 10.1 Å². The van der Waals surface area contributed by atoms with Crippen LogP contribution in [-0.4, -0.2) is 38.5 Å². The first-order valence-corrected chi connectivity index (χ1v) is 9.82. The molecule has 0 unspecified atom stereocenters. The van der Waals surface area contributed by atoms with Crippen molar-refractivity contribution in [3.8, 4) is 11.4 Å². The molecular weight excluding hydrogens is 398 g/mol. The predicted molar refractivity (Wildman–Crippen MR) is 111 cm³/mol. The van der Waals surface area contributed by atoms with Crippen molar-refractivity contribution in [2.24, 2.45) is 0 Å². The molecule has 1 N–H and O–H groups in total. The van der Waals surface area contributed by atoms with Crippen LogP contribution in [0.25, 0.3) is 5.69 Å². The maximum absolute atomic E-state index is 12.7. The number of halogens is 1. The second-order valence-corrected chi connectivity index (χ2v) is 7.93. The minimum Gasteiger partial charge on any atom is -0.495 e. The number of hydrogen-bond donors (Lipinski definition) is 1. The van der Waals surface area contributed by atoms with Gasteiger partial charge in [0, 0.05) is 11.1 Å². The number of ether oxygens (including phenoxy) is 1. The van der Waals surface area contributed by atoms with Crippen LogP contribution in [0.1, 0.15) is 18.1 Å². The number of carbonyl (C=O) groups is 1. The fourth-order valence-electron chi connectivity index (χ4n) is 2.58. The summed E-state index contributed by atoms with van der Waals surface area (Å²) in [5.74, 6) is 0.315. The van der Waals surface area contributed by atoms with Crippen LogP contribution in [-0.2, 0) is 4.79 Å². The van der Waals surface area contributed by atoms with Gasteiger partial charge in [-0.1, -0.05) is 41.6 Å². The lowest BCUT2D eigenvalue weighted by Gasteiger charge is -2.15. The maximum atomic E-state index is 12.7. The Bertz CT molecular complexity index is 1010. The number of aryl methyl sites for hydroxylation is 2. The second-order valence-electron chi connectivity index (χ2n) is 6.21. The number of benzene rings is 2. The molecule has 0 saturated heterocycles. The smallest absolute Gasteiger partial charge is 0.237 e. The van der Waals surface area contributed by atoms with Crippen molar-refractivity contribution in [3.05, 3.63) is 52.5 Å². The molecule has 0 radical (unpaired) electrons. The normalized spacial score (nSPS) is 11.9. The summed E-state index contributed by atoms with van der Waals surface area (Å²) in [6, 6.07) is 11.3. The lowest BCUT2D eigenvalue weighted by molar-refractivity contribution is -0.115. The molecule has 0 aliphatic rings. The molecule has 0 aliphatic carbocycles. The first kappa shape index (κ1) is 20.2. The number of aromatic nitrogens is 4. The zero-order valence-electron chi connectivity index (χ0n) is 15.9. The lowest BCUT2D eigenvalue weighted by Crippen LogP contribution is -2.23. The van der Waals surface area contributed by atoms with E-state index in [0.29, 0.717) is 21.6 Å². The molecule has 1 amide bonds. The fourth-order valence-corrected chi connectivity index (χ4v) is 3.53. The van der Waals surface area contributed by atoms with Gasteiger partial charge in [-0.15, -0.1) is 5.10 Å². The fraction of sp³-hybridized carbons (Fsp3) is 0.263. The minimum absolute atomic E-state index is 0.190. The highest BCUT2D eigenvalue weighted by Gasteiger charge is 2.21. The van der Waals surface area contributed by atoms with Gasteiger partial charge in [-0.2, -0.15) is 4.68 Å². The Kier molecular flexibility index (Phi) is 6.21. The number of methoxy groups -OCH3 is 1. The Morgan fingerprint density at radius 1 is 1.25 bits per heavy atom. The quantitative estimate of drug-likeness (QED) is 0.609. The first-order valence-electron chi connectivity index (χ1n) is 8.56. The number of nitrogens with zero attached hydrogens (tertiary/aromatic N) is 4.